The van der Waals surface area contributed by atoms with Crippen LogP contribution in [0.25, 0.3) is 0 Å². The van der Waals surface area contributed by atoms with Gasteiger partial charge in [-0.1, -0.05) is 6.58 Å². The van der Waals surface area contributed by atoms with E-state index >= 15 is 0 Å². The minimum Gasteiger partial charge on any atom is -0.370 e. The lowest BCUT2D eigenvalue weighted by atomic mass is 10.2. The average Bonchev–Trinajstić information content (AvgIpc) is 2.60. The lowest BCUT2D eigenvalue weighted by Gasteiger charge is -2.17. The molecule has 1 heterocycles. The summed E-state index contributed by atoms with van der Waals surface area (Å²) in [5.41, 5.74) is 5.04. The zero-order chi connectivity index (χ0) is 10.4. The molecular formula is C10H17N3O. The molecule has 1 amide bonds. The highest BCUT2D eigenvalue weighted by Gasteiger charge is 2.08. The van der Waals surface area contributed by atoms with Crippen molar-refractivity contribution in [2.45, 2.75) is 19.3 Å². The van der Waals surface area contributed by atoms with Crippen LogP contribution in [-0.4, -0.2) is 28.9 Å². The summed E-state index contributed by atoms with van der Waals surface area (Å²) in [4.78, 5) is 14.7. The Morgan fingerprint density at radius 1 is 1.50 bits per heavy atom. The van der Waals surface area contributed by atoms with Crippen molar-refractivity contribution in [3.63, 3.8) is 0 Å². The number of rotatable bonds is 6. The van der Waals surface area contributed by atoms with Gasteiger partial charge in [-0.2, -0.15) is 0 Å². The van der Waals surface area contributed by atoms with Crippen molar-refractivity contribution < 1.29 is 4.79 Å². The Hall–Kier alpha value is -1.45. The van der Waals surface area contributed by atoms with E-state index in [-0.39, 0.29) is 5.91 Å². The summed E-state index contributed by atoms with van der Waals surface area (Å²) >= 11 is 0. The first-order valence-corrected chi connectivity index (χ1v) is 4.81. The number of amides is 1. The summed E-state index contributed by atoms with van der Waals surface area (Å²) in [6.45, 7) is 5.51. The number of carbonyl (C=O) groups is 1. The van der Waals surface area contributed by atoms with Gasteiger partial charge in [-0.25, -0.2) is 0 Å². The van der Waals surface area contributed by atoms with Crippen LogP contribution in [0.2, 0.25) is 0 Å². The van der Waals surface area contributed by atoms with Gasteiger partial charge in [-0.3, -0.25) is 4.79 Å². The van der Waals surface area contributed by atoms with Crippen molar-refractivity contribution in [2.24, 2.45) is 5.73 Å². The first-order valence-electron chi connectivity index (χ1n) is 4.81. The lowest BCUT2D eigenvalue weighted by molar-refractivity contribution is -0.118. The molecule has 0 radical (unpaired) electrons. The Bertz CT molecular complexity index is 238. The van der Waals surface area contributed by atoms with Gasteiger partial charge in [0.1, 0.15) is 0 Å². The van der Waals surface area contributed by atoms with Gasteiger partial charge in [-0.15, -0.1) is 0 Å². The Morgan fingerprint density at radius 2 is 2.29 bits per heavy atom. The molecule has 0 spiro atoms. The molecule has 4 nitrogen and oxygen atoms in total. The Morgan fingerprint density at radius 3 is 2.86 bits per heavy atom. The van der Waals surface area contributed by atoms with Gasteiger partial charge in [0.15, 0.2) is 0 Å². The van der Waals surface area contributed by atoms with E-state index in [0.717, 1.165) is 26.1 Å². The van der Waals surface area contributed by atoms with Gasteiger partial charge in [0, 0.05) is 25.4 Å². The maximum atomic E-state index is 10.5. The first kappa shape index (κ1) is 10.6. The Kier molecular flexibility index (Phi) is 4.04. The molecule has 0 aromatic carbocycles. The van der Waals surface area contributed by atoms with E-state index in [1.54, 1.807) is 6.20 Å². The molecule has 1 aliphatic rings. The van der Waals surface area contributed by atoms with Crippen LogP contribution in [0.1, 0.15) is 19.3 Å². The van der Waals surface area contributed by atoms with E-state index in [1.165, 1.54) is 0 Å². The van der Waals surface area contributed by atoms with E-state index in [1.807, 2.05) is 17.3 Å². The van der Waals surface area contributed by atoms with Crippen molar-refractivity contribution in [3.8, 4) is 0 Å². The molecule has 0 bridgehead atoms. The van der Waals surface area contributed by atoms with E-state index in [0.29, 0.717) is 6.42 Å². The molecule has 1 aliphatic heterocycles. The molecule has 0 saturated carbocycles. The first-order chi connectivity index (χ1) is 6.72. The van der Waals surface area contributed by atoms with Crippen LogP contribution in [0.5, 0.6) is 0 Å². The molecular weight excluding hydrogens is 178 g/mol. The second kappa shape index (κ2) is 5.32. The molecule has 0 unspecified atom stereocenters. The van der Waals surface area contributed by atoms with Crippen LogP contribution in [0.15, 0.2) is 25.2 Å². The molecule has 1 rings (SSSR count). The van der Waals surface area contributed by atoms with Gasteiger partial charge in [0.2, 0.25) is 5.91 Å². The third-order valence-corrected chi connectivity index (χ3v) is 2.17. The highest BCUT2D eigenvalue weighted by molar-refractivity contribution is 5.73. The van der Waals surface area contributed by atoms with Gasteiger partial charge in [-0.05, 0) is 19.0 Å². The quantitative estimate of drug-likeness (QED) is 0.639. The maximum Gasteiger partial charge on any atom is 0.217 e. The summed E-state index contributed by atoms with van der Waals surface area (Å²) in [6, 6.07) is 0. The van der Waals surface area contributed by atoms with Crippen LogP contribution in [0.4, 0.5) is 0 Å². The normalized spacial score (nSPS) is 14.9. The average molecular weight is 195 g/mol. The number of hydrogen-bond acceptors (Lipinski definition) is 3. The van der Waals surface area contributed by atoms with E-state index < -0.39 is 0 Å². The van der Waals surface area contributed by atoms with Crippen molar-refractivity contribution in [1.82, 2.24) is 9.80 Å². The largest absolute Gasteiger partial charge is 0.370 e. The number of nitrogens with two attached hydrogens (primary N) is 1. The minimum absolute atomic E-state index is 0.213. The van der Waals surface area contributed by atoms with Crippen molar-refractivity contribution in [1.29, 1.82) is 0 Å². The van der Waals surface area contributed by atoms with Gasteiger partial charge in [0.05, 0.1) is 6.67 Å². The number of hydrogen-bond donors (Lipinski definition) is 1. The van der Waals surface area contributed by atoms with Crippen LogP contribution in [-0.2, 0) is 4.79 Å². The topological polar surface area (TPSA) is 49.6 Å². The molecule has 78 valence electrons. The second-order valence-electron chi connectivity index (χ2n) is 3.37. The Balaban J connectivity index is 2.06. The molecule has 14 heavy (non-hydrogen) atoms. The highest BCUT2D eigenvalue weighted by Crippen LogP contribution is 2.08. The molecule has 0 aliphatic carbocycles. The van der Waals surface area contributed by atoms with Crippen molar-refractivity contribution >= 4 is 5.91 Å². The third-order valence-electron chi connectivity index (χ3n) is 2.17. The van der Waals surface area contributed by atoms with Crippen molar-refractivity contribution in [3.05, 3.63) is 25.2 Å². The van der Waals surface area contributed by atoms with Crippen LogP contribution < -0.4 is 5.73 Å². The summed E-state index contributed by atoms with van der Waals surface area (Å²) in [5.74, 6) is -0.213. The summed E-state index contributed by atoms with van der Waals surface area (Å²) in [5, 5.41) is 0. The smallest absolute Gasteiger partial charge is 0.217 e. The molecule has 2 N–H and O–H groups in total. The van der Waals surface area contributed by atoms with E-state index in [9.17, 15) is 4.79 Å². The maximum absolute atomic E-state index is 10.5. The minimum atomic E-state index is -0.213. The fourth-order valence-electron chi connectivity index (χ4n) is 1.36. The van der Waals surface area contributed by atoms with Crippen LogP contribution in [0.3, 0.4) is 0 Å². The fourth-order valence-corrected chi connectivity index (χ4v) is 1.36. The van der Waals surface area contributed by atoms with Gasteiger partial charge < -0.3 is 15.5 Å². The predicted octanol–water partition coefficient (Wildman–Crippen LogP) is 0.832. The number of primary amides is 1. The van der Waals surface area contributed by atoms with Crippen LogP contribution >= 0.6 is 0 Å². The monoisotopic (exact) mass is 195 g/mol. The molecule has 0 saturated heterocycles. The third kappa shape index (κ3) is 3.51. The SMILES string of the molecule is C=CN1C=CN(CCCCC(N)=O)C1. The molecule has 0 aromatic heterocycles. The molecule has 0 fully saturated rings. The molecule has 0 aromatic rings. The Labute approximate surface area is 84.7 Å². The fraction of sp³-hybridized carbons (Fsp3) is 0.500. The summed E-state index contributed by atoms with van der Waals surface area (Å²) < 4.78 is 0. The zero-order valence-electron chi connectivity index (χ0n) is 8.35. The van der Waals surface area contributed by atoms with E-state index in [4.69, 9.17) is 5.73 Å². The highest BCUT2D eigenvalue weighted by atomic mass is 16.1. The van der Waals surface area contributed by atoms with Crippen LogP contribution in [0, 0.1) is 0 Å². The number of unbranched alkanes of at least 4 members (excludes halogenated alkanes) is 1. The molecule has 4 heteroatoms. The standard InChI is InChI=1S/C10H17N3O/c1-2-12-7-8-13(9-12)6-4-3-5-10(11)14/h2,7-8H,1,3-6,9H2,(H2,11,14). The van der Waals surface area contributed by atoms with Gasteiger partial charge in [0.25, 0.3) is 0 Å². The lowest BCUT2D eigenvalue weighted by Crippen LogP contribution is -2.23. The number of nitrogens with zero attached hydrogens (tertiary/aromatic N) is 2. The summed E-state index contributed by atoms with van der Waals surface area (Å²) in [6.07, 6.45) is 8.17. The van der Waals surface area contributed by atoms with Crippen molar-refractivity contribution in [2.75, 3.05) is 13.2 Å². The zero-order valence-corrected chi connectivity index (χ0v) is 8.35. The summed E-state index contributed by atoms with van der Waals surface area (Å²) in [7, 11) is 0. The van der Waals surface area contributed by atoms with Gasteiger partial charge >= 0.3 is 0 Å². The predicted molar refractivity (Wildman–Crippen MR) is 55.8 cm³/mol. The number of carbonyl (C=O) groups excluding carboxylic acids is 1. The van der Waals surface area contributed by atoms with E-state index in [2.05, 4.69) is 11.5 Å². The second-order valence-corrected chi connectivity index (χ2v) is 3.37. The molecule has 0 atom stereocenters.